The number of ether oxygens (including phenoxy) is 2. The van der Waals surface area contributed by atoms with E-state index in [4.69, 9.17) is 14.6 Å². The highest BCUT2D eigenvalue weighted by Crippen LogP contribution is 2.28. The van der Waals surface area contributed by atoms with Crippen molar-refractivity contribution in [2.24, 2.45) is 0 Å². The first kappa shape index (κ1) is 14.3. The number of benzene rings is 1. The highest BCUT2D eigenvalue weighted by atomic mass is 79.9. The van der Waals surface area contributed by atoms with Gasteiger partial charge in [-0.05, 0) is 34.1 Å². The van der Waals surface area contributed by atoms with Crippen molar-refractivity contribution in [3.05, 3.63) is 28.2 Å². The third-order valence-electron chi connectivity index (χ3n) is 3.37. The zero-order valence-electron chi connectivity index (χ0n) is 10.8. The van der Waals surface area contributed by atoms with Crippen molar-refractivity contribution in [1.29, 1.82) is 0 Å². The first-order chi connectivity index (χ1) is 9.06. The molecule has 0 bridgehead atoms. The van der Waals surface area contributed by atoms with E-state index in [1.54, 1.807) is 26.4 Å². The Kier molecular flexibility index (Phi) is 4.44. The molecule has 6 heteroatoms. The fourth-order valence-electron chi connectivity index (χ4n) is 2.28. The third-order valence-corrected chi connectivity index (χ3v) is 4.03. The maximum atomic E-state index is 11.0. The number of hydrogen-bond acceptors (Lipinski definition) is 4. The summed E-state index contributed by atoms with van der Waals surface area (Å²) < 4.78 is 11.3. The summed E-state index contributed by atoms with van der Waals surface area (Å²) in [6, 6.07) is 5.22. The number of methoxy groups -OCH3 is 2. The number of carboxylic acids is 1. The van der Waals surface area contributed by atoms with Crippen LogP contribution in [0.15, 0.2) is 22.7 Å². The van der Waals surface area contributed by atoms with Crippen LogP contribution in [0.25, 0.3) is 0 Å². The van der Waals surface area contributed by atoms with Crippen molar-refractivity contribution in [3.8, 4) is 0 Å². The van der Waals surface area contributed by atoms with E-state index in [-0.39, 0.29) is 17.8 Å². The summed E-state index contributed by atoms with van der Waals surface area (Å²) in [5, 5.41) is 9.00. The average molecular weight is 330 g/mol. The SMILES string of the molecule is COC1CN(c2ccc(C(=O)O)c(Br)c2)CC1OC. The summed E-state index contributed by atoms with van der Waals surface area (Å²) in [6.07, 6.45) is 0.0610. The van der Waals surface area contributed by atoms with Crippen molar-refractivity contribution in [2.75, 3.05) is 32.2 Å². The fourth-order valence-corrected chi connectivity index (χ4v) is 2.82. The molecule has 1 N–H and O–H groups in total. The number of carbonyl (C=O) groups is 1. The number of anilines is 1. The molecule has 104 valence electrons. The summed E-state index contributed by atoms with van der Waals surface area (Å²) in [5.74, 6) is -0.940. The molecule has 1 aliphatic heterocycles. The lowest BCUT2D eigenvalue weighted by Gasteiger charge is -2.18. The van der Waals surface area contributed by atoms with Gasteiger partial charge < -0.3 is 19.5 Å². The quantitative estimate of drug-likeness (QED) is 0.915. The molecule has 0 radical (unpaired) electrons. The molecular weight excluding hydrogens is 314 g/mol. The van der Waals surface area contributed by atoms with Crippen molar-refractivity contribution in [3.63, 3.8) is 0 Å². The fraction of sp³-hybridized carbons (Fsp3) is 0.462. The first-order valence-corrected chi connectivity index (χ1v) is 6.69. The Hall–Kier alpha value is -1.11. The van der Waals surface area contributed by atoms with E-state index in [1.165, 1.54) is 0 Å². The zero-order chi connectivity index (χ0) is 14.0. The molecular formula is C13H16BrNO4. The molecule has 2 unspecified atom stereocenters. The van der Waals surface area contributed by atoms with Gasteiger partial charge in [-0.1, -0.05) is 0 Å². The molecule has 1 aliphatic rings. The van der Waals surface area contributed by atoms with Crippen LogP contribution in [0.5, 0.6) is 0 Å². The van der Waals surface area contributed by atoms with Gasteiger partial charge in [0.05, 0.1) is 5.56 Å². The summed E-state index contributed by atoms with van der Waals surface area (Å²) in [7, 11) is 3.34. The van der Waals surface area contributed by atoms with Crippen LogP contribution in [0, 0.1) is 0 Å². The Morgan fingerprint density at radius 2 is 1.89 bits per heavy atom. The summed E-state index contributed by atoms with van der Waals surface area (Å²) >= 11 is 3.29. The lowest BCUT2D eigenvalue weighted by Crippen LogP contribution is -2.27. The van der Waals surface area contributed by atoms with Gasteiger partial charge in [0.1, 0.15) is 12.2 Å². The minimum Gasteiger partial charge on any atom is -0.478 e. The Balaban J connectivity index is 2.20. The smallest absolute Gasteiger partial charge is 0.336 e. The van der Waals surface area contributed by atoms with Gasteiger partial charge in [0.15, 0.2) is 0 Å². The van der Waals surface area contributed by atoms with E-state index >= 15 is 0 Å². The largest absolute Gasteiger partial charge is 0.478 e. The van der Waals surface area contributed by atoms with E-state index in [1.807, 2.05) is 6.07 Å². The number of carboxylic acid groups (broad SMARTS) is 1. The molecule has 0 aromatic heterocycles. The standard InChI is InChI=1S/C13H16BrNO4/c1-18-11-6-15(7-12(11)19-2)8-3-4-9(13(16)17)10(14)5-8/h3-5,11-12H,6-7H2,1-2H3,(H,16,17). The van der Waals surface area contributed by atoms with Gasteiger partial charge in [0.2, 0.25) is 0 Å². The van der Waals surface area contributed by atoms with Crippen LogP contribution in [0.1, 0.15) is 10.4 Å². The second-order valence-electron chi connectivity index (χ2n) is 4.42. The molecule has 1 aromatic carbocycles. The lowest BCUT2D eigenvalue weighted by molar-refractivity contribution is -0.00461. The maximum absolute atomic E-state index is 11.0. The molecule has 1 aromatic rings. The molecule has 1 heterocycles. The molecule has 1 fully saturated rings. The van der Waals surface area contributed by atoms with E-state index in [0.29, 0.717) is 4.47 Å². The van der Waals surface area contributed by atoms with E-state index < -0.39 is 5.97 Å². The summed E-state index contributed by atoms with van der Waals surface area (Å²) in [5.41, 5.74) is 1.22. The molecule has 1 saturated heterocycles. The molecule has 5 nitrogen and oxygen atoms in total. The monoisotopic (exact) mass is 329 g/mol. The van der Waals surface area contributed by atoms with Gasteiger partial charge in [0.25, 0.3) is 0 Å². The van der Waals surface area contributed by atoms with Crippen molar-refractivity contribution in [2.45, 2.75) is 12.2 Å². The zero-order valence-corrected chi connectivity index (χ0v) is 12.4. The van der Waals surface area contributed by atoms with E-state index in [9.17, 15) is 4.79 Å². The Morgan fingerprint density at radius 3 is 2.32 bits per heavy atom. The summed E-state index contributed by atoms with van der Waals surface area (Å²) in [4.78, 5) is 13.1. The maximum Gasteiger partial charge on any atom is 0.336 e. The molecule has 19 heavy (non-hydrogen) atoms. The van der Waals surface area contributed by atoms with Crippen LogP contribution in [0.4, 0.5) is 5.69 Å². The lowest BCUT2D eigenvalue weighted by atomic mass is 10.2. The molecule has 2 atom stereocenters. The molecule has 2 rings (SSSR count). The van der Waals surface area contributed by atoms with E-state index in [0.717, 1.165) is 18.8 Å². The number of rotatable bonds is 4. The van der Waals surface area contributed by atoms with Crippen LogP contribution in [0.2, 0.25) is 0 Å². The van der Waals surface area contributed by atoms with Gasteiger partial charge in [-0.2, -0.15) is 0 Å². The molecule has 0 spiro atoms. The average Bonchev–Trinajstić information content (AvgIpc) is 2.81. The van der Waals surface area contributed by atoms with Gasteiger partial charge in [-0.25, -0.2) is 4.79 Å². The van der Waals surface area contributed by atoms with Crippen molar-refractivity contribution >= 4 is 27.6 Å². The third kappa shape index (κ3) is 2.91. The summed E-state index contributed by atoms with van der Waals surface area (Å²) in [6.45, 7) is 1.46. The topological polar surface area (TPSA) is 59.0 Å². The van der Waals surface area contributed by atoms with Gasteiger partial charge in [0, 0.05) is 37.5 Å². The predicted molar refractivity (Wildman–Crippen MR) is 74.9 cm³/mol. The van der Waals surface area contributed by atoms with Crippen LogP contribution >= 0.6 is 15.9 Å². The Bertz CT molecular complexity index is 468. The van der Waals surface area contributed by atoms with Gasteiger partial charge in [-0.3, -0.25) is 0 Å². The first-order valence-electron chi connectivity index (χ1n) is 5.90. The number of aromatic carboxylic acids is 1. The normalized spacial score (nSPS) is 22.8. The van der Waals surface area contributed by atoms with Crippen LogP contribution in [-0.2, 0) is 9.47 Å². The minimum absolute atomic E-state index is 0.0305. The van der Waals surface area contributed by atoms with Crippen LogP contribution < -0.4 is 4.90 Å². The predicted octanol–water partition coefficient (Wildman–Crippen LogP) is 2.00. The molecule has 0 aliphatic carbocycles. The molecule has 0 saturated carbocycles. The second-order valence-corrected chi connectivity index (χ2v) is 5.28. The van der Waals surface area contributed by atoms with E-state index in [2.05, 4.69) is 20.8 Å². The number of halogens is 1. The Morgan fingerprint density at radius 1 is 1.32 bits per heavy atom. The van der Waals surface area contributed by atoms with Crippen molar-refractivity contribution < 1.29 is 19.4 Å². The number of hydrogen-bond donors (Lipinski definition) is 1. The minimum atomic E-state index is -0.940. The number of nitrogens with zero attached hydrogens (tertiary/aromatic N) is 1. The highest BCUT2D eigenvalue weighted by molar-refractivity contribution is 9.10. The highest BCUT2D eigenvalue weighted by Gasteiger charge is 2.33. The molecule has 0 amide bonds. The van der Waals surface area contributed by atoms with Crippen LogP contribution in [0.3, 0.4) is 0 Å². The van der Waals surface area contributed by atoms with Crippen LogP contribution in [-0.4, -0.2) is 50.6 Å². The Labute approximate surface area is 120 Å². The van der Waals surface area contributed by atoms with Gasteiger partial charge >= 0.3 is 5.97 Å². The van der Waals surface area contributed by atoms with Crippen molar-refractivity contribution in [1.82, 2.24) is 0 Å². The second kappa shape index (κ2) is 5.90. The van der Waals surface area contributed by atoms with Gasteiger partial charge in [-0.15, -0.1) is 0 Å².